The number of benzene rings is 2. The lowest BCUT2D eigenvalue weighted by Gasteiger charge is -2.19. The summed E-state index contributed by atoms with van der Waals surface area (Å²) in [6.07, 6.45) is 3.08. The van der Waals surface area contributed by atoms with Crippen LogP contribution in [-0.2, 0) is 6.42 Å². The van der Waals surface area contributed by atoms with E-state index in [9.17, 15) is 5.11 Å². The molecule has 2 aromatic rings. The molecule has 2 unspecified atom stereocenters. The first-order chi connectivity index (χ1) is 9.81. The zero-order valence-corrected chi connectivity index (χ0v) is 11.4. The minimum atomic E-state index is -0.448. The number of aliphatic hydroxyl groups excluding tert-OH is 1. The maximum absolute atomic E-state index is 10.6. The van der Waals surface area contributed by atoms with Crippen molar-refractivity contribution in [1.82, 2.24) is 0 Å². The van der Waals surface area contributed by atoms with Gasteiger partial charge in [-0.05, 0) is 47.9 Å². The van der Waals surface area contributed by atoms with E-state index in [1.54, 1.807) is 0 Å². The van der Waals surface area contributed by atoms with Crippen LogP contribution in [-0.4, -0.2) is 11.1 Å². The molecule has 2 aliphatic rings. The lowest BCUT2D eigenvalue weighted by Crippen LogP contribution is -2.24. The van der Waals surface area contributed by atoms with Crippen molar-refractivity contribution >= 4 is 5.69 Å². The Bertz CT molecular complexity index is 591. The van der Waals surface area contributed by atoms with Crippen molar-refractivity contribution in [2.24, 2.45) is 0 Å². The van der Waals surface area contributed by atoms with Crippen LogP contribution in [0, 0.1) is 0 Å². The molecule has 0 saturated heterocycles. The molecule has 2 N–H and O–H groups in total. The van der Waals surface area contributed by atoms with Gasteiger partial charge >= 0.3 is 0 Å². The van der Waals surface area contributed by atoms with Crippen molar-refractivity contribution in [2.75, 3.05) is 5.32 Å². The normalized spacial score (nSPS) is 22.1. The van der Waals surface area contributed by atoms with Crippen LogP contribution in [0.15, 0.2) is 48.5 Å². The van der Waals surface area contributed by atoms with Crippen molar-refractivity contribution in [1.29, 1.82) is 0 Å². The topological polar surface area (TPSA) is 32.3 Å². The molecule has 2 aromatic carbocycles. The second-order valence-corrected chi connectivity index (χ2v) is 6.00. The summed E-state index contributed by atoms with van der Waals surface area (Å²) in [5.41, 5.74) is 4.89. The van der Waals surface area contributed by atoms with Gasteiger partial charge in [0.2, 0.25) is 0 Å². The fraction of sp³-hybridized carbons (Fsp3) is 0.333. The van der Waals surface area contributed by atoms with Gasteiger partial charge in [0.25, 0.3) is 0 Å². The van der Waals surface area contributed by atoms with Crippen LogP contribution in [0.2, 0.25) is 0 Å². The van der Waals surface area contributed by atoms with E-state index in [4.69, 9.17) is 0 Å². The Kier molecular flexibility index (Phi) is 2.78. The summed E-state index contributed by atoms with van der Waals surface area (Å²) in [7, 11) is 0. The zero-order valence-electron chi connectivity index (χ0n) is 11.4. The van der Waals surface area contributed by atoms with E-state index in [-0.39, 0.29) is 6.04 Å². The molecule has 0 bridgehead atoms. The third-order valence-electron chi connectivity index (χ3n) is 4.51. The van der Waals surface area contributed by atoms with Crippen molar-refractivity contribution < 1.29 is 5.11 Å². The van der Waals surface area contributed by atoms with E-state index in [2.05, 4.69) is 47.8 Å². The third-order valence-corrected chi connectivity index (χ3v) is 4.51. The number of rotatable bonds is 3. The molecule has 1 saturated carbocycles. The molecule has 1 aliphatic heterocycles. The number of nitrogens with one attached hydrogen (secondary N) is 1. The monoisotopic (exact) mass is 265 g/mol. The minimum Gasteiger partial charge on any atom is -0.386 e. The number of fused-ring (bicyclic) bond motifs is 1. The Balaban J connectivity index is 1.51. The molecule has 4 rings (SSSR count). The van der Waals surface area contributed by atoms with Crippen molar-refractivity contribution in [2.45, 2.75) is 37.3 Å². The average molecular weight is 265 g/mol. The van der Waals surface area contributed by atoms with Crippen LogP contribution in [0.4, 0.5) is 5.69 Å². The molecule has 2 nitrogen and oxygen atoms in total. The Morgan fingerprint density at radius 2 is 1.75 bits per heavy atom. The standard InChI is InChI=1S/C18H19NO/c20-18(14-9-7-13(8-10-14)12-5-6-12)17-11-15-3-1-2-4-16(15)19-17/h1-4,7-10,12,17-20H,5-6,11H2. The summed E-state index contributed by atoms with van der Waals surface area (Å²) in [5.74, 6) is 0.773. The van der Waals surface area contributed by atoms with Gasteiger partial charge in [-0.3, -0.25) is 0 Å². The molecule has 0 amide bonds. The minimum absolute atomic E-state index is 0.0826. The molecule has 0 spiro atoms. The van der Waals surface area contributed by atoms with Crippen LogP contribution in [0.5, 0.6) is 0 Å². The summed E-state index contributed by atoms with van der Waals surface area (Å²) in [4.78, 5) is 0. The highest BCUT2D eigenvalue weighted by Gasteiger charge is 2.28. The number of hydrogen-bond acceptors (Lipinski definition) is 2. The van der Waals surface area contributed by atoms with E-state index < -0.39 is 6.10 Å². The Labute approximate surface area is 119 Å². The molecule has 1 fully saturated rings. The van der Waals surface area contributed by atoms with Crippen molar-refractivity contribution in [3.05, 3.63) is 65.2 Å². The largest absolute Gasteiger partial charge is 0.386 e. The van der Waals surface area contributed by atoms with Crippen LogP contribution >= 0.6 is 0 Å². The Morgan fingerprint density at radius 3 is 2.45 bits per heavy atom. The number of anilines is 1. The van der Waals surface area contributed by atoms with Gasteiger partial charge in [-0.25, -0.2) is 0 Å². The molecule has 102 valence electrons. The highest BCUT2D eigenvalue weighted by atomic mass is 16.3. The first-order valence-electron chi connectivity index (χ1n) is 7.43. The SMILES string of the molecule is OC(c1ccc(C2CC2)cc1)C1Cc2ccccc2N1. The molecule has 1 heterocycles. The number of hydrogen-bond donors (Lipinski definition) is 2. The maximum atomic E-state index is 10.6. The molecule has 2 heteroatoms. The van der Waals surface area contributed by atoms with Crippen LogP contribution < -0.4 is 5.32 Å². The van der Waals surface area contributed by atoms with E-state index in [0.717, 1.165) is 23.6 Å². The quantitative estimate of drug-likeness (QED) is 0.888. The van der Waals surface area contributed by atoms with E-state index >= 15 is 0 Å². The van der Waals surface area contributed by atoms with Crippen molar-refractivity contribution in [3.63, 3.8) is 0 Å². The lowest BCUT2D eigenvalue weighted by atomic mass is 9.98. The van der Waals surface area contributed by atoms with Gasteiger partial charge in [-0.15, -0.1) is 0 Å². The van der Waals surface area contributed by atoms with Gasteiger partial charge in [-0.1, -0.05) is 42.5 Å². The molecule has 1 aliphatic carbocycles. The zero-order chi connectivity index (χ0) is 13.5. The Hall–Kier alpha value is -1.80. The number of para-hydroxylation sites is 1. The first-order valence-corrected chi connectivity index (χ1v) is 7.43. The predicted molar refractivity (Wildman–Crippen MR) is 80.9 cm³/mol. The second-order valence-electron chi connectivity index (χ2n) is 6.00. The number of aliphatic hydroxyl groups is 1. The van der Waals surface area contributed by atoms with Gasteiger partial charge < -0.3 is 10.4 Å². The van der Waals surface area contributed by atoms with Crippen LogP contribution in [0.25, 0.3) is 0 Å². The summed E-state index contributed by atoms with van der Waals surface area (Å²) in [5, 5.41) is 14.0. The van der Waals surface area contributed by atoms with Crippen molar-refractivity contribution in [3.8, 4) is 0 Å². The first kappa shape index (κ1) is 12.0. The molecule has 0 radical (unpaired) electrons. The summed E-state index contributed by atoms with van der Waals surface area (Å²) >= 11 is 0. The van der Waals surface area contributed by atoms with E-state index in [1.807, 2.05) is 6.07 Å². The Morgan fingerprint density at radius 1 is 1.00 bits per heavy atom. The molecular weight excluding hydrogens is 246 g/mol. The fourth-order valence-corrected chi connectivity index (χ4v) is 3.13. The smallest absolute Gasteiger partial charge is 0.0994 e. The maximum Gasteiger partial charge on any atom is 0.0994 e. The van der Waals surface area contributed by atoms with Gasteiger partial charge in [0, 0.05) is 5.69 Å². The highest BCUT2D eigenvalue weighted by Crippen LogP contribution is 2.40. The average Bonchev–Trinajstić information content (AvgIpc) is 3.25. The van der Waals surface area contributed by atoms with Gasteiger partial charge in [0.05, 0.1) is 12.1 Å². The molecule has 20 heavy (non-hydrogen) atoms. The lowest BCUT2D eigenvalue weighted by molar-refractivity contribution is 0.156. The van der Waals surface area contributed by atoms with Crippen LogP contribution in [0.1, 0.15) is 41.6 Å². The summed E-state index contributed by atoms with van der Waals surface area (Å²) in [6.45, 7) is 0. The van der Waals surface area contributed by atoms with E-state index in [1.165, 1.54) is 24.0 Å². The van der Waals surface area contributed by atoms with Gasteiger partial charge in [-0.2, -0.15) is 0 Å². The summed E-state index contributed by atoms with van der Waals surface area (Å²) < 4.78 is 0. The predicted octanol–water partition coefficient (Wildman–Crippen LogP) is 3.63. The fourth-order valence-electron chi connectivity index (χ4n) is 3.13. The van der Waals surface area contributed by atoms with Gasteiger partial charge in [0.1, 0.15) is 0 Å². The van der Waals surface area contributed by atoms with E-state index in [0.29, 0.717) is 0 Å². The molecular formula is C18H19NO. The molecule has 2 atom stereocenters. The summed E-state index contributed by atoms with van der Waals surface area (Å²) in [6, 6.07) is 16.9. The highest BCUT2D eigenvalue weighted by molar-refractivity contribution is 5.57. The van der Waals surface area contributed by atoms with Crippen LogP contribution in [0.3, 0.4) is 0 Å². The van der Waals surface area contributed by atoms with Gasteiger partial charge in [0.15, 0.2) is 0 Å². The molecule has 0 aromatic heterocycles. The third kappa shape index (κ3) is 2.10. The second kappa shape index (κ2) is 4.64.